The Morgan fingerprint density at radius 2 is 2.32 bits per heavy atom. The Hall–Kier alpha value is -1.40. The van der Waals surface area contributed by atoms with E-state index in [2.05, 4.69) is 35.5 Å². The van der Waals surface area contributed by atoms with Crippen molar-refractivity contribution in [2.45, 2.75) is 43.9 Å². The molecule has 5 heterocycles. The summed E-state index contributed by atoms with van der Waals surface area (Å²) in [6.45, 7) is 3.01. The number of rotatable bonds is 1. The second-order valence-corrected chi connectivity index (χ2v) is 8.84. The molecule has 0 bridgehead atoms. The average Bonchev–Trinajstić information content (AvgIpc) is 3.18. The highest BCUT2D eigenvalue weighted by molar-refractivity contribution is 7.16. The number of hydrogen-bond acceptors (Lipinski definition) is 4. The van der Waals surface area contributed by atoms with E-state index >= 15 is 0 Å². The third kappa shape index (κ3) is 2.53. The number of nitrogens with zero attached hydrogens (tertiary/aromatic N) is 2. The molecule has 4 nitrogen and oxygen atoms in total. The van der Waals surface area contributed by atoms with Gasteiger partial charge in [0.2, 0.25) is 0 Å². The number of nitrogens with one attached hydrogen (secondary N) is 1. The van der Waals surface area contributed by atoms with Gasteiger partial charge in [-0.15, -0.1) is 11.3 Å². The zero-order valence-electron chi connectivity index (χ0n) is 14.0. The number of pyridine rings is 1. The van der Waals surface area contributed by atoms with E-state index in [0.717, 1.165) is 35.7 Å². The molecule has 0 aliphatic carbocycles. The monoisotopic (exact) mass is 373 g/mol. The molecule has 5 rings (SSSR count). The molecule has 3 aromatic rings. The number of aromatic nitrogens is 2. The topological polar surface area (TPSA) is 38.6 Å². The van der Waals surface area contributed by atoms with E-state index in [1.54, 1.807) is 11.3 Å². The van der Waals surface area contributed by atoms with Crippen molar-refractivity contribution in [2.24, 2.45) is 0 Å². The lowest BCUT2D eigenvalue weighted by Crippen LogP contribution is -2.49. The van der Waals surface area contributed by atoms with Crippen molar-refractivity contribution < 1.29 is 4.74 Å². The van der Waals surface area contributed by atoms with Crippen molar-refractivity contribution in [3.8, 4) is 0 Å². The SMILES string of the molecule is C[C@H]1C[C@@]2(C[C@@H](c3cnn4ccccc34)N1)OCCc1cc(Cl)sc12. The van der Waals surface area contributed by atoms with Crippen molar-refractivity contribution >= 4 is 28.5 Å². The zero-order valence-corrected chi connectivity index (χ0v) is 15.6. The minimum absolute atomic E-state index is 0.218. The summed E-state index contributed by atoms with van der Waals surface area (Å²) in [5, 5.41) is 8.28. The lowest BCUT2D eigenvalue weighted by atomic mass is 9.78. The molecule has 1 saturated heterocycles. The molecule has 1 spiro atoms. The first-order chi connectivity index (χ1) is 12.1. The fourth-order valence-electron chi connectivity index (χ4n) is 4.48. The fourth-order valence-corrected chi connectivity index (χ4v) is 5.95. The Morgan fingerprint density at radius 1 is 1.40 bits per heavy atom. The lowest BCUT2D eigenvalue weighted by Gasteiger charge is -2.46. The van der Waals surface area contributed by atoms with Crippen LogP contribution in [0.15, 0.2) is 36.7 Å². The molecule has 1 N–H and O–H groups in total. The standard InChI is InChI=1S/C19H20ClN3OS/c1-12-9-19(18-13(5-7-24-19)8-17(20)25-18)10-15(22-12)14-11-21-23-6-3-2-4-16(14)23/h2-4,6,8,11-12,15,22H,5,7,9-10H2,1H3/t12-,15-,19-/m0/s1. The van der Waals surface area contributed by atoms with Crippen molar-refractivity contribution in [1.82, 2.24) is 14.9 Å². The highest BCUT2D eigenvalue weighted by Gasteiger charge is 2.46. The largest absolute Gasteiger partial charge is 0.369 e. The number of thiophene rings is 1. The Bertz CT molecular complexity index is 936. The summed E-state index contributed by atoms with van der Waals surface area (Å²) in [7, 11) is 0. The van der Waals surface area contributed by atoms with Gasteiger partial charge in [0.1, 0.15) is 5.60 Å². The maximum atomic E-state index is 6.44. The average molecular weight is 374 g/mol. The zero-order chi connectivity index (χ0) is 17.0. The Kier molecular flexibility index (Phi) is 3.68. The van der Waals surface area contributed by atoms with Gasteiger partial charge in [0.05, 0.1) is 22.7 Å². The third-order valence-corrected chi connectivity index (χ3v) is 6.92. The highest BCUT2D eigenvalue weighted by atomic mass is 35.5. The van der Waals surface area contributed by atoms with Crippen molar-refractivity contribution in [2.75, 3.05) is 6.61 Å². The molecule has 6 heteroatoms. The molecule has 0 unspecified atom stereocenters. The van der Waals surface area contributed by atoms with Gasteiger partial charge in [0.15, 0.2) is 0 Å². The molecule has 0 aromatic carbocycles. The van der Waals surface area contributed by atoms with Crippen LogP contribution in [0.3, 0.4) is 0 Å². The Balaban J connectivity index is 1.58. The van der Waals surface area contributed by atoms with Crippen LogP contribution in [-0.2, 0) is 16.8 Å². The lowest BCUT2D eigenvalue weighted by molar-refractivity contribution is -0.0953. The molecule has 0 saturated carbocycles. The number of hydrogen-bond donors (Lipinski definition) is 1. The predicted octanol–water partition coefficient (Wildman–Crippen LogP) is 4.33. The summed E-state index contributed by atoms with van der Waals surface area (Å²) in [5.74, 6) is 0. The molecule has 3 aromatic heterocycles. The molecule has 0 amide bonds. The number of halogens is 1. The Morgan fingerprint density at radius 3 is 3.24 bits per heavy atom. The van der Waals surface area contributed by atoms with Crippen molar-refractivity contribution in [1.29, 1.82) is 0 Å². The minimum atomic E-state index is -0.232. The second-order valence-electron chi connectivity index (χ2n) is 7.16. The van der Waals surface area contributed by atoms with E-state index in [1.165, 1.54) is 16.0 Å². The maximum absolute atomic E-state index is 6.44. The molecule has 0 radical (unpaired) electrons. The van der Waals surface area contributed by atoms with Crippen LogP contribution in [0.2, 0.25) is 4.34 Å². The first-order valence-corrected chi connectivity index (χ1v) is 9.95. The summed E-state index contributed by atoms with van der Waals surface area (Å²) in [6.07, 6.45) is 6.84. The normalized spacial score (nSPS) is 29.2. The van der Waals surface area contributed by atoms with Crippen molar-refractivity contribution in [3.05, 3.63) is 57.0 Å². The van der Waals surface area contributed by atoms with Gasteiger partial charge >= 0.3 is 0 Å². The first kappa shape index (κ1) is 15.8. The van der Waals surface area contributed by atoms with Crippen LogP contribution in [0, 0.1) is 0 Å². The van der Waals surface area contributed by atoms with E-state index in [0.29, 0.717) is 6.04 Å². The summed E-state index contributed by atoms with van der Waals surface area (Å²) in [6, 6.07) is 8.91. The van der Waals surface area contributed by atoms with Crippen LogP contribution >= 0.6 is 22.9 Å². The van der Waals surface area contributed by atoms with Gasteiger partial charge in [-0.1, -0.05) is 17.7 Å². The maximum Gasteiger partial charge on any atom is 0.106 e. The van der Waals surface area contributed by atoms with E-state index < -0.39 is 0 Å². The van der Waals surface area contributed by atoms with Gasteiger partial charge in [-0.2, -0.15) is 5.10 Å². The first-order valence-electron chi connectivity index (χ1n) is 8.76. The second kappa shape index (κ2) is 5.81. The summed E-state index contributed by atoms with van der Waals surface area (Å²) < 4.78 is 9.25. The molecule has 3 atom stereocenters. The van der Waals surface area contributed by atoms with Crippen LogP contribution in [-0.4, -0.2) is 22.3 Å². The molecular weight excluding hydrogens is 354 g/mol. The van der Waals surface area contributed by atoms with Crippen LogP contribution in [0.4, 0.5) is 0 Å². The minimum Gasteiger partial charge on any atom is -0.369 e. The Labute approximate surface area is 155 Å². The van der Waals surface area contributed by atoms with Gasteiger partial charge in [-0.05, 0) is 43.5 Å². The van der Waals surface area contributed by atoms with Crippen LogP contribution < -0.4 is 5.32 Å². The third-order valence-electron chi connectivity index (χ3n) is 5.43. The molecule has 25 heavy (non-hydrogen) atoms. The van der Waals surface area contributed by atoms with E-state index in [-0.39, 0.29) is 11.6 Å². The van der Waals surface area contributed by atoms with Gasteiger partial charge in [0.25, 0.3) is 0 Å². The van der Waals surface area contributed by atoms with E-state index in [9.17, 15) is 0 Å². The van der Waals surface area contributed by atoms with Gasteiger partial charge in [0, 0.05) is 35.1 Å². The smallest absolute Gasteiger partial charge is 0.106 e. The van der Waals surface area contributed by atoms with Gasteiger partial charge in [-0.3, -0.25) is 0 Å². The van der Waals surface area contributed by atoms with E-state index in [1.807, 2.05) is 23.0 Å². The molecule has 2 aliphatic heterocycles. The van der Waals surface area contributed by atoms with Crippen molar-refractivity contribution in [3.63, 3.8) is 0 Å². The number of piperidine rings is 1. The van der Waals surface area contributed by atoms with Crippen LogP contribution in [0.5, 0.6) is 0 Å². The molecule has 2 aliphatic rings. The van der Waals surface area contributed by atoms with Crippen LogP contribution in [0.1, 0.15) is 41.8 Å². The number of fused-ring (bicyclic) bond motifs is 3. The molecule has 130 valence electrons. The number of ether oxygens (including phenoxy) is 1. The fraction of sp³-hybridized carbons (Fsp3) is 0.421. The van der Waals surface area contributed by atoms with Gasteiger partial charge < -0.3 is 10.1 Å². The van der Waals surface area contributed by atoms with E-state index in [4.69, 9.17) is 16.3 Å². The molecule has 1 fully saturated rings. The summed E-state index contributed by atoms with van der Waals surface area (Å²) >= 11 is 8.03. The molecular formula is C19H20ClN3OS. The van der Waals surface area contributed by atoms with Gasteiger partial charge in [-0.25, -0.2) is 4.52 Å². The summed E-state index contributed by atoms with van der Waals surface area (Å²) in [5.41, 5.74) is 3.53. The highest BCUT2D eigenvalue weighted by Crippen LogP contribution is 2.50. The summed E-state index contributed by atoms with van der Waals surface area (Å²) in [4.78, 5) is 1.33. The quantitative estimate of drug-likeness (QED) is 0.690. The predicted molar refractivity (Wildman–Crippen MR) is 100 cm³/mol. The van der Waals surface area contributed by atoms with Crippen LogP contribution in [0.25, 0.3) is 5.52 Å².